The third-order valence-corrected chi connectivity index (χ3v) is 5.36. The van der Waals surface area contributed by atoms with Crippen molar-refractivity contribution in [3.05, 3.63) is 28.2 Å². The van der Waals surface area contributed by atoms with Crippen molar-refractivity contribution < 1.29 is 8.42 Å². The molecule has 0 heterocycles. The smallest absolute Gasteiger partial charge is 0.240 e. The Labute approximate surface area is 136 Å². The van der Waals surface area contributed by atoms with Crippen LogP contribution < -0.4 is 10.5 Å². The van der Waals surface area contributed by atoms with E-state index in [1.807, 2.05) is 6.92 Å². The molecule has 0 amide bonds. The lowest BCUT2D eigenvalue weighted by Gasteiger charge is -2.17. The van der Waals surface area contributed by atoms with Gasteiger partial charge in [-0.05, 0) is 37.1 Å². The largest absolute Gasteiger partial charge is 0.329 e. The van der Waals surface area contributed by atoms with Gasteiger partial charge in [-0.3, -0.25) is 0 Å². The van der Waals surface area contributed by atoms with E-state index >= 15 is 0 Å². The van der Waals surface area contributed by atoms with Gasteiger partial charge >= 0.3 is 0 Å². The summed E-state index contributed by atoms with van der Waals surface area (Å²) in [5.41, 5.74) is 6.51. The van der Waals surface area contributed by atoms with E-state index in [1.54, 1.807) is 18.2 Å². The van der Waals surface area contributed by atoms with E-state index in [2.05, 4.69) is 27.6 Å². The van der Waals surface area contributed by atoms with Crippen LogP contribution in [0.5, 0.6) is 0 Å². The van der Waals surface area contributed by atoms with Gasteiger partial charge < -0.3 is 5.73 Å². The second-order valence-electron chi connectivity index (χ2n) is 4.61. The maximum Gasteiger partial charge on any atom is 0.240 e. The molecule has 0 aliphatic rings. The molecule has 1 atom stereocenters. The number of hydrogen-bond acceptors (Lipinski definition) is 3. The minimum absolute atomic E-state index is 0. The Bertz CT molecular complexity index is 523. The average molecular weight is 386 g/mol. The molecular formula is C13H22BrClN2O2S. The van der Waals surface area contributed by atoms with Gasteiger partial charge in [0.15, 0.2) is 0 Å². The van der Waals surface area contributed by atoms with Crippen LogP contribution in [0.3, 0.4) is 0 Å². The summed E-state index contributed by atoms with van der Waals surface area (Å²) in [6.45, 7) is 4.25. The first kappa shape index (κ1) is 19.9. The number of nitrogens with two attached hydrogens (primary N) is 1. The molecule has 0 spiro atoms. The molecule has 0 saturated heterocycles. The summed E-state index contributed by atoms with van der Waals surface area (Å²) in [6.07, 6.45) is 2.75. The molecule has 3 N–H and O–H groups in total. The Morgan fingerprint density at radius 3 is 2.55 bits per heavy atom. The molecule has 0 bridgehead atoms. The Morgan fingerprint density at radius 1 is 1.40 bits per heavy atom. The molecular weight excluding hydrogens is 364 g/mol. The normalized spacial score (nSPS) is 12.8. The minimum Gasteiger partial charge on any atom is -0.329 e. The Balaban J connectivity index is 0.00000361. The van der Waals surface area contributed by atoms with Gasteiger partial charge in [0, 0.05) is 17.1 Å². The first-order valence-electron chi connectivity index (χ1n) is 6.39. The Morgan fingerprint density at radius 2 is 2.05 bits per heavy atom. The van der Waals surface area contributed by atoms with Crippen LogP contribution in [0.1, 0.15) is 31.7 Å². The zero-order chi connectivity index (χ0) is 14.5. The number of hydrogen-bond donors (Lipinski definition) is 2. The molecule has 4 nitrogen and oxygen atoms in total. The number of nitrogens with one attached hydrogen (secondary N) is 1. The first-order chi connectivity index (χ1) is 8.90. The maximum absolute atomic E-state index is 12.2. The fraction of sp³-hybridized carbons (Fsp3) is 0.538. The van der Waals surface area contributed by atoms with Crippen molar-refractivity contribution >= 4 is 38.4 Å². The molecule has 0 aliphatic heterocycles. The van der Waals surface area contributed by atoms with Crippen LogP contribution in [-0.4, -0.2) is 21.0 Å². The highest BCUT2D eigenvalue weighted by molar-refractivity contribution is 9.10. The van der Waals surface area contributed by atoms with Crippen LogP contribution in [0.4, 0.5) is 0 Å². The SMILES string of the molecule is CCCCC(CN)NS(=O)(=O)c1ccc(Br)c(C)c1.Cl. The molecule has 0 aliphatic carbocycles. The topological polar surface area (TPSA) is 72.2 Å². The first-order valence-corrected chi connectivity index (χ1v) is 8.67. The van der Waals surface area contributed by atoms with Gasteiger partial charge in [-0.25, -0.2) is 13.1 Å². The summed E-state index contributed by atoms with van der Waals surface area (Å²) in [5, 5.41) is 0. The zero-order valence-corrected chi connectivity index (χ0v) is 14.9. The van der Waals surface area contributed by atoms with Gasteiger partial charge in [-0.15, -0.1) is 12.4 Å². The van der Waals surface area contributed by atoms with E-state index in [4.69, 9.17) is 5.73 Å². The van der Waals surface area contributed by atoms with Gasteiger partial charge in [0.05, 0.1) is 4.90 Å². The number of halogens is 2. The zero-order valence-electron chi connectivity index (χ0n) is 11.7. The number of aryl methyl sites for hydroxylation is 1. The molecule has 0 radical (unpaired) electrons. The van der Waals surface area contributed by atoms with Crippen molar-refractivity contribution in [2.24, 2.45) is 5.73 Å². The molecule has 7 heteroatoms. The van der Waals surface area contributed by atoms with Crippen molar-refractivity contribution in [1.29, 1.82) is 0 Å². The summed E-state index contributed by atoms with van der Waals surface area (Å²) in [4.78, 5) is 0.281. The molecule has 116 valence electrons. The van der Waals surface area contributed by atoms with Crippen LogP contribution in [0.15, 0.2) is 27.6 Å². The minimum atomic E-state index is -3.49. The van der Waals surface area contributed by atoms with Crippen LogP contribution >= 0.6 is 28.3 Å². The molecule has 1 aromatic carbocycles. The lowest BCUT2D eigenvalue weighted by atomic mass is 10.1. The van der Waals surface area contributed by atoms with Crippen molar-refractivity contribution in [2.45, 2.75) is 44.0 Å². The van der Waals surface area contributed by atoms with Crippen molar-refractivity contribution in [3.63, 3.8) is 0 Å². The van der Waals surface area contributed by atoms with Crippen molar-refractivity contribution in [1.82, 2.24) is 4.72 Å². The van der Waals surface area contributed by atoms with Gasteiger partial charge in [-0.2, -0.15) is 0 Å². The third kappa shape index (κ3) is 5.69. The maximum atomic E-state index is 12.2. The van der Waals surface area contributed by atoms with Crippen LogP contribution in [-0.2, 0) is 10.0 Å². The summed E-state index contributed by atoms with van der Waals surface area (Å²) in [7, 11) is -3.49. The van der Waals surface area contributed by atoms with Crippen molar-refractivity contribution in [2.75, 3.05) is 6.54 Å². The van der Waals surface area contributed by atoms with E-state index in [0.29, 0.717) is 6.54 Å². The van der Waals surface area contributed by atoms with E-state index in [-0.39, 0.29) is 23.3 Å². The molecule has 1 rings (SSSR count). The Hall–Kier alpha value is -0.140. The summed E-state index contributed by atoms with van der Waals surface area (Å²) in [5.74, 6) is 0. The monoisotopic (exact) mass is 384 g/mol. The highest BCUT2D eigenvalue weighted by atomic mass is 79.9. The predicted octanol–water partition coefficient (Wildman–Crippen LogP) is 2.98. The number of rotatable bonds is 7. The van der Waals surface area contributed by atoms with Gasteiger partial charge in [0.25, 0.3) is 0 Å². The molecule has 0 fully saturated rings. The fourth-order valence-corrected chi connectivity index (χ4v) is 3.36. The standard InChI is InChI=1S/C13H21BrN2O2S.ClH/c1-3-4-5-11(9-15)16-19(17,18)12-6-7-13(14)10(2)8-12;/h6-8,11,16H,3-5,9,15H2,1-2H3;1H. The Kier molecular flexibility index (Phi) is 8.93. The fourth-order valence-electron chi connectivity index (χ4n) is 1.75. The quantitative estimate of drug-likeness (QED) is 0.758. The van der Waals surface area contributed by atoms with E-state index in [1.165, 1.54) is 0 Å². The van der Waals surface area contributed by atoms with E-state index in [0.717, 1.165) is 29.3 Å². The van der Waals surface area contributed by atoms with Gasteiger partial charge in [0.1, 0.15) is 0 Å². The number of sulfonamides is 1. The second-order valence-corrected chi connectivity index (χ2v) is 7.18. The van der Waals surface area contributed by atoms with E-state index < -0.39 is 10.0 Å². The van der Waals surface area contributed by atoms with Crippen molar-refractivity contribution in [3.8, 4) is 0 Å². The lowest BCUT2D eigenvalue weighted by molar-refractivity contribution is 0.516. The van der Waals surface area contributed by atoms with Crippen LogP contribution in [0.2, 0.25) is 0 Å². The molecule has 0 saturated carbocycles. The van der Waals surface area contributed by atoms with Crippen LogP contribution in [0, 0.1) is 6.92 Å². The second kappa shape index (κ2) is 9.00. The highest BCUT2D eigenvalue weighted by Crippen LogP contribution is 2.20. The van der Waals surface area contributed by atoms with Crippen LogP contribution in [0.25, 0.3) is 0 Å². The summed E-state index contributed by atoms with van der Waals surface area (Å²) >= 11 is 3.36. The van der Waals surface area contributed by atoms with Gasteiger partial charge in [0.2, 0.25) is 10.0 Å². The highest BCUT2D eigenvalue weighted by Gasteiger charge is 2.19. The summed E-state index contributed by atoms with van der Waals surface area (Å²) in [6, 6.07) is 4.79. The lowest BCUT2D eigenvalue weighted by Crippen LogP contribution is -2.40. The third-order valence-electron chi connectivity index (χ3n) is 2.95. The number of benzene rings is 1. The summed E-state index contributed by atoms with van der Waals surface area (Å²) < 4.78 is 28.1. The molecule has 20 heavy (non-hydrogen) atoms. The molecule has 1 aromatic rings. The average Bonchev–Trinajstić information content (AvgIpc) is 2.37. The predicted molar refractivity (Wildman–Crippen MR) is 88.8 cm³/mol. The number of unbranched alkanes of at least 4 members (excludes halogenated alkanes) is 1. The van der Waals surface area contributed by atoms with E-state index in [9.17, 15) is 8.42 Å². The molecule has 1 unspecified atom stereocenters. The van der Waals surface area contributed by atoms with Gasteiger partial charge in [-0.1, -0.05) is 35.7 Å². The molecule has 0 aromatic heterocycles.